The third kappa shape index (κ3) is 9.79. The summed E-state index contributed by atoms with van der Waals surface area (Å²) in [7, 11) is 0. The molecule has 0 heterocycles. The third-order valence-electron chi connectivity index (χ3n) is 1.47. The summed E-state index contributed by atoms with van der Waals surface area (Å²) in [5.74, 6) is 0. The van der Waals surface area contributed by atoms with Crippen LogP contribution in [0.15, 0.2) is 29.2 Å². The average Bonchev–Trinajstić information content (AvgIpc) is 2.34. The van der Waals surface area contributed by atoms with Crippen LogP contribution in [0.4, 0.5) is 0 Å². The predicted molar refractivity (Wildman–Crippen MR) is 72.2 cm³/mol. The predicted octanol–water partition coefficient (Wildman–Crippen LogP) is 3.44. The largest absolute Gasteiger partial charge is 0.412 e. The van der Waals surface area contributed by atoms with Crippen LogP contribution in [0, 0.1) is 0 Å². The summed E-state index contributed by atoms with van der Waals surface area (Å²) in [4.78, 5) is 1.12. The summed E-state index contributed by atoms with van der Waals surface area (Å²) in [5, 5.41) is 5.36. The number of aryl methyl sites for hydroxylation is 1. The molecule has 0 aliphatic rings. The summed E-state index contributed by atoms with van der Waals surface area (Å²) in [6.45, 7) is 10.1. The van der Waals surface area contributed by atoms with Crippen molar-refractivity contribution in [3.8, 4) is 0 Å². The van der Waals surface area contributed by atoms with Gasteiger partial charge in [0.25, 0.3) is 0 Å². The van der Waals surface area contributed by atoms with Gasteiger partial charge in [-0.3, -0.25) is 5.14 Å². The lowest BCUT2D eigenvalue weighted by Crippen LogP contribution is -1.81. The Balaban J connectivity index is -0.000000258. The molecule has 15 heavy (non-hydrogen) atoms. The minimum atomic E-state index is 0. The van der Waals surface area contributed by atoms with E-state index in [1.54, 1.807) is 0 Å². The molecule has 0 radical (unpaired) electrons. The highest BCUT2D eigenvalue weighted by molar-refractivity contribution is 7.97. The molecule has 1 aromatic carbocycles. The fourth-order valence-corrected chi connectivity index (χ4v) is 1.10. The summed E-state index contributed by atoms with van der Waals surface area (Å²) in [5.41, 5.74) is 1.36. The molecule has 4 N–H and O–H groups in total. The maximum absolute atomic E-state index is 5.36. The van der Waals surface area contributed by atoms with E-state index in [1.165, 1.54) is 17.5 Å². The van der Waals surface area contributed by atoms with Crippen molar-refractivity contribution in [1.29, 1.82) is 0 Å². The van der Waals surface area contributed by atoms with Crippen LogP contribution in [0.25, 0.3) is 0 Å². The first-order valence-electron chi connectivity index (χ1n) is 5.32. The van der Waals surface area contributed by atoms with Gasteiger partial charge in [0.15, 0.2) is 0 Å². The van der Waals surface area contributed by atoms with Crippen molar-refractivity contribution in [2.75, 3.05) is 0 Å². The molecule has 0 aliphatic carbocycles. The average molecular weight is 231 g/mol. The molecule has 0 unspecified atom stereocenters. The Labute approximate surface area is 98.7 Å². The van der Waals surface area contributed by atoms with Crippen molar-refractivity contribution in [2.45, 2.75) is 45.9 Å². The highest BCUT2D eigenvalue weighted by Crippen LogP contribution is 2.12. The normalized spacial score (nSPS) is 7.33. The van der Waals surface area contributed by atoms with Crippen molar-refractivity contribution in [3.05, 3.63) is 29.8 Å². The highest BCUT2D eigenvalue weighted by atomic mass is 32.2. The van der Waals surface area contributed by atoms with Crippen LogP contribution in [0.3, 0.4) is 0 Å². The van der Waals surface area contributed by atoms with E-state index in [-0.39, 0.29) is 5.48 Å². The van der Waals surface area contributed by atoms with E-state index in [4.69, 9.17) is 5.14 Å². The Morgan fingerprint density at radius 3 is 1.67 bits per heavy atom. The van der Waals surface area contributed by atoms with Crippen molar-refractivity contribution in [1.82, 2.24) is 0 Å². The molecule has 2 nitrogen and oxygen atoms in total. The van der Waals surface area contributed by atoms with Crippen LogP contribution < -0.4 is 5.14 Å². The molecule has 0 atom stereocenters. The number of benzene rings is 1. The quantitative estimate of drug-likeness (QED) is 0.793. The number of nitrogens with two attached hydrogens (primary N) is 1. The van der Waals surface area contributed by atoms with E-state index >= 15 is 0 Å². The fourth-order valence-electron chi connectivity index (χ4n) is 0.804. The van der Waals surface area contributed by atoms with Gasteiger partial charge in [-0.05, 0) is 36.1 Å². The Morgan fingerprint density at radius 2 is 1.40 bits per heavy atom. The Morgan fingerprint density at radius 1 is 1.00 bits per heavy atom. The molecule has 0 spiro atoms. The maximum Gasteiger partial charge on any atom is 0.0226 e. The van der Waals surface area contributed by atoms with E-state index in [1.807, 2.05) is 39.8 Å². The van der Waals surface area contributed by atoms with E-state index in [9.17, 15) is 0 Å². The molecule has 3 heteroatoms. The lowest BCUT2D eigenvalue weighted by atomic mass is 10.2. The summed E-state index contributed by atoms with van der Waals surface area (Å²) >= 11 is 1.29. The zero-order valence-corrected chi connectivity index (χ0v) is 11.3. The molecule has 0 bridgehead atoms. The van der Waals surface area contributed by atoms with Gasteiger partial charge >= 0.3 is 0 Å². The van der Waals surface area contributed by atoms with Crippen LogP contribution in [-0.4, -0.2) is 5.48 Å². The van der Waals surface area contributed by atoms with Crippen molar-refractivity contribution in [2.24, 2.45) is 5.14 Å². The smallest absolute Gasteiger partial charge is 0.0226 e. The van der Waals surface area contributed by atoms with Gasteiger partial charge in [-0.15, -0.1) is 0 Å². The van der Waals surface area contributed by atoms with Crippen LogP contribution in [0.5, 0.6) is 0 Å². The van der Waals surface area contributed by atoms with Crippen molar-refractivity contribution < 1.29 is 5.48 Å². The molecule has 90 valence electrons. The second kappa shape index (κ2) is 15.9. The molecule has 1 aromatic rings. The Kier molecular flexibility index (Phi) is 21.2. The number of rotatable bonds is 2. The van der Waals surface area contributed by atoms with Crippen LogP contribution in [-0.2, 0) is 6.42 Å². The number of hydrogen-bond acceptors (Lipinski definition) is 2. The molecule has 0 saturated carbocycles. The van der Waals surface area contributed by atoms with Gasteiger partial charge in [0.1, 0.15) is 0 Å². The summed E-state index contributed by atoms with van der Waals surface area (Å²) in [6, 6.07) is 8.30. The minimum absolute atomic E-state index is 0. The van der Waals surface area contributed by atoms with Gasteiger partial charge in [0.05, 0.1) is 0 Å². The Hall–Kier alpha value is -0.510. The van der Waals surface area contributed by atoms with Gasteiger partial charge in [0, 0.05) is 4.90 Å². The zero-order chi connectivity index (χ0) is 11.4. The van der Waals surface area contributed by atoms with Crippen LogP contribution in [0.2, 0.25) is 0 Å². The first-order chi connectivity index (χ1) is 6.86. The molecule has 0 amide bonds. The number of hydrogen-bond donors (Lipinski definition) is 1. The second-order valence-corrected chi connectivity index (χ2v) is 2.82. The van der Waals surface area contributed by atoms with E-state index in [2.05, 4.69) is 19.1 Å². The maximum atomic E-state index is 5.36. The lowest BCUT2D eigenvalue weighted by molar-refractivity contribution is 0.824. The van der Waals surface area contributed by atoms with E-state index < -0.39 is 0 Å². The molecule has 1 rings (SSSR count). The van der Waals surface area contributed by atoms with Gasteiger partial charge in [0.2, 0.25) is 0 Å². The van der Waals surface area contributed by atoms with Gasteiger partial charge in [-0.1, -0.05) is 46.8 Å². The molecular weight excluding hydrogens is 206 g/mol. The summed E-state index contributed by atoms with van der Waals surface area (Å²) < 4.78 is 0. The first kappa shape index (κ1) is 20.0. The standard InChI is InChI=1S/C8H11NS.2C2H6.H2O/c1-2-7-3-5-8(10-9)6-4-7;2*1-2;/h3-6H,2,9H2,1H3;2*1-2H3;1H2. The highest BCUT2D eigenvalue weighted by Gasteiger charge is 1.89. The SMILES string of the molecule is CC.CC.CCc1ccc(SN)cc1.O. The van der Waals surface area contributed by atoms with Crippen LogP contribution in [0.1, 0.15) is 40.2 Å². The van der Waals surface area contributed by atoms with Gasteiger partial charge < -0.3 is 5.48 Å². The first-order valence-corrected chi connectivity index (χ1v) is 6.20. The van der Waals surface area contributed by atoms with Crippen molar-refractivity contribution in [3.63, 3.8) is 0 Å². The molecule has 0 fully saturated rings. The van der Waals surface area contributed by atoms with Crippen molar-refractivity contribution >= 4 is 11.9 Å². The van der Waals surface area contributed by atoms with Gasteiger partial charge in [-0.25, -0.2) is 0 Å². The van der Waals surface area contributed by atoms with Gasteiger partial charge in [-0.2, -0.15) is 0 Å². The molecular formula is C12H25NOS. The minimum Gasteiger partial charge on any atom is -0.412 e. The fraction of sp³-hybridized carbons (Fsp3) is 0.500. The van der Waals surface area contributed by atoms with E-state index in [0.29, 0.717) is 0 Å². The third-order valence-corrected chi connectivity index (χ3v) is 2.01. The zero-order valence-electron chi connectivity index (χ0n) is 10.5. The molecule has 0 aromatic heterocycles. The molecule has 0 saturated heterocycles. The van der Waals surface area contributed by atoms with E-state index in [0.717, 1.165) is 11.3 Å². The molecule has 0 aliphatic heterocycles. The Bertz CT molecular complexity index is 176. The summed E-state index contributed by atoms with van der Waals surface area (Å²) in [6.07, 6.45) is 1.09. The topological polar surface area (TPSA) is 57.5 Å². The van der Waals surface area contributed by atoms with Crippen LogP contribution >= 0.6 is 11.9 Å². The second-order valence-electron chi connectivity index (χ2n) is 2.12. The monoisotopic (exact) mass is 231 g/mol. The lowest BCUT2D eigenvalue weighted by Gasteiger charge is -1.96.